The van der Waals surface area contributed by atoms with Gasteiger partial charge in [-0.1, -0.05) is 11.6 Å². The highest BCUT2D eigenvalue weighted by Gasteiger charge is 2.18. The molecule has 20 heavy (non-hydrogen) atoms. The van der Waals surface area contributed by atoms with Crippen LogP contribution in [0.15, 0.2) is 29.2 Å². The maximum absolute atomic E-state index is 12.2. The monoisotopic (exact) mass is 288 g/mol. The van der Waals surface area contributed by atoms with Crippen LogP contribution in [0.5, 0.6) is 0 Å². The maximum atomic E-state index is 12.2. The first-order chi connectivity index (χ1) is 9.69. The quantitative estimate of drug-likeness (QED) is 0.853. The van der Waals surface area contributed by atoms with E-state index in [9.17, 15) is 4.79 Å². The van der Waals surface area contributed by atoms with Gasteiger partial charge in [0.2, 0.25) is 5.43 Å². The fourth-order valence-electron chi connectivity index (χ4n) is 2.61. The van der Waals surface area contributed by atoms with Gasteiger partial charge in [0.05, 0.1) is 12.1 Å². The van der Waals surface area contributed by atoms with Crippen LogP contribution in [0.4, 0.5) is 0 Å². The Balaban J connectivity index is 2.17. The van der Waals surface area contributed by atoms with Gasteiger partial charge in [-0.2, -0.15) is 5.26 Å². The van der Waals surface area contributed by atoms with Crippen molar-refractivity contribution in [3.05, 3.63) is 45.2 Å². The number of nitrogens with zero attached hydrogens (tertiary/aromatic N) is 2. The van der Waals surface area contributed by atoms with Crippen molar-refractivity contribution in [3.8, 4) is 6.07 Å². The summed E-state index contributed by atoms with van der Waals surface area (Å²) < 4.78 is 7.34. The van der Waals surface area contributed by atoms with E-state index in [2.05, 4.69) is 0 Å². The Bertz CT molecular complexity index is 755. The summed E-state index contributed by atoms with van der Waals surface area (Å²) in [5, 5.41) is 10.1. The maximum Gasteiger partial charge on any atom is 0.207 e. The zero-order valence-corrected chi connectivity index (χ0v) is 11.6. The van der Waals surface area contributed by atoms with Gasteiger partial charge in [-0.15, -0.1) is 0 Å². The summed E-state index contributed by atoms with van der Waals surface area (Å²) in [7, 11) is 0. The highest BCUT2D eigenvalue weighted by molar-refractivity contribution is 6.31. The molecule has 3 rings (SSSR count). The molecule has 1 aromatic carbocycles. The molecule has 0 unspecified atom stereocenters. The SMILES string of the molecule is N#Cc1cn(C[C@H]2CCOC2)c2ccc(Cl)cc2c1=O. The third kappa shape index (κ3) is 2.31. The molecule has 0 radical (unpaired) electrons. The van der Waals surface area contributed by atoms with Crippen molar-refractivity contribution in [1.82, 2.24) is 4.57 Å². The zero-order chi connectivity index (χ0) is 14.1. The van der Waals surface area contributed by atoms with E-state index in [1.807, 2.05) is 16.7 Å². The lowest BCUT2D eigenvalue weighted by atomic mass is 10.1. The number of nitriles is 1. The van der Waals surface area contributed by atoms with Crippen LogP contribution in [0.3, 0.4) is 0 Å². The summed E-state index contributed by atoms with van der Waals surface area (Å²) >= 11 is 5.96. The number of halogens is 1. The van der Waals surface area contributed by atoms with Gasteiger partial charge in [-0.05, 0) is 24.6 Å². The second-order valence-corrected chi connectivity index (χ2v) is 5.46. The first-order valence-electron chi connectivity index (χ1n) is 6.49. The number of rotatable bonds is 2. The van der Waals surface area contributed by atoms with Gasteiger partial charge in [0.15, 0.2) is 0 Å². The average molecular weight is 289 g/mol. The standard InChI is InChI=1S/C15H13ClN2O2/c16-12-1-2-14-13(5-12)15(19)11(6-17)8-18(14)7-10-3-4-20-9-10/h1-2,5,8,10H,3-4,7,9H2/t10-/m1/s1. The minimum atomic E-state index is -0.260. The second kappa shape index (κ2) is 5.28. The normalized spacial score (nSPS) is 18.3. The Morgan fingerprint density at radius 3 is 3.05 bits per heavy atom. The summed E-state index contributed by atoms with van der Waals surface area (Å²) in [6, 6.07) is 7.18. The molecule has 102 valence electrons. The summed E-state index contributed by atoms with van der Waals surface area (Å²) in [4.78, 5) is 12.2. The van der Waals surface area contributed by atoms with E-state index in [1.165, 1.54) is 0 Å². The predicted octanol–water partition coefficient (Wildman–Crippen LogP) is 2.56. The van der Waals surface area contributed by atoms with Gasteiger partial charge in [0, 0.05) is 35.7 Å². The molecule has 0 N–H and O–H groups in total. The minimum Gasteiger partial charge on any atom is -0.381 e. The van der Waals surface area contributed by atoms with E-state index < -0.39 is 0 Å². The summed E-state index contributed by atoms with van der Waals surface area (Å²) in [6.45, 7) is 2.25. The highest BCUT2D eigenvalue weighted by atomic mass is 35.5. The molecule has 2 aromatic rings. The number of pyridine rings is 1. The number of hydrogen-bond acceptors (Lipinski definition) is 3. The van der Waals surface area contributed by atoms with Crippen LogP contribution >= 0.6 is 11.6 Å². The van der Waals surface area contributed by atoms with Gasteiger partial charge in [0.25, 0.3) is 0 Å². The van der Waals surface area contributed by atoms with Crippen LogP contribution in [-0.4, -0.2) is 17.8 Å². The summed E-state index contributed by atoms with van der Waals surface area (Å²) in [5.41, 5.74) is 0.702. The average Bonchev–Trinajstić information content (AvgIpc) is 2.95. The second-order valence-electron chi connectivity index (χ2n) is 5.03. The lowest BCUT2D eigenvalue weighted by Gasteiger charge is -2.15. The van der Waals surface area contributed by atoms with Crippen molar-refractivity contribution in [2.75, 3.05) is 13.2 Å². The molecule has 1 aromatic heterocycles. The van der Waals surface area contributed by atoms with Gasteiger partial charge in [0.1, 0.15) is 11.6 Å². The van der Waals surface area contributed by atoms with E-state index in [-0.39, 0.29) is 11.0 Å². The van der Waals surface area contributed by atoms with E-state index in [0.29, 0.717) is 16.3 Å². The zero-order valence-electron chi connectivity index (χ0n) is 10.8. The molecule has 0 spiro atoms. The fraction of sp³-hybridized carbons (Fsp3) is 0.333. The molecular formula is C15H13ClN2O2. The number of hydrogen-bond donors (Lipinski definition) is 0. The Morgan fingerprint density at radius 2 is 2.35 bits per heavy atom. The van der Waals surface area contributed by atoms with Crippen molar-refractivity contribution in [2.45, 2.75) is 13.0 Å². The molecule has 0 bridgehead atoms. The Hall–Kier alpha value is -1.83. The van der Waals surface area contributed by atoms with Crippen LogP contribution in [-0.2, 0) is 11.3 Å². The summed E-state index contributed by atoms with van der Waals surface area (Å²) in [6.07, 6.45) is 2.64. The summed E-state index contributed by atoms with van der Waals surface area (Å²) in [5.74, 6) is 0.419. The smallest absolute Gasteiger partial charge is 0.207 e. The molecule has 1 fully saturated rings. The molecule has 1 aliphatic heterocycles. The molecule has 0 saturated carbocycles. The topological polar surface area (TPSA) is 55.0 Å². The van der Waals surface area contributed by atoms with Crippen LogP contribution in [0, 0.1) is 17.2 Å². The Kier molecular flexibility index (Phi) is 3.47. The van der Waals surface area contributed by atoms with E-state index >= 15 is 0 Å². The molecule has 2 heterocycles. The first kappa shape index (κ1) is 13.2. The van der Waals surface area contributed by atoms with Crippen molar-refractivity contribution < 1.29 is 4.74 Å². The van der Waals surface area contributed by atoms with Crippen molar-refractivity contribution in [1.29, 1.82) is 5.26 Å². The van der Waals surface area contributed by atoms with Crippen LogP contribution < -0.4 is 5.43 Å². The van der Waals surface area contributed by atoms with E-state index in [0.717, 1.165) is 31.7 Å². The van der Waals surface area contributed by atoms with Crippen molar-refractivity contribution in [3.63, 3.8) is 0 Å². The van der Waals surface area contributed by atoms with Gasteiger partial charge >= 0.3 is 0 Å². The van der Waals surface area contributed by atoms with E-state index in [1.54, 1.807) is 18.3 Å². The van der Waals surface area contributed by atoms with Gasteiger partial charge in [-0.25, -0.2) is 0 Å². The minimum absolute atomic E-state index is 0.152. The number of aromatic nitrogens is 1. The predicted molar refractivity (Wildman–Crippen MR) is 76.9 cm³/mol. The van der Waals surface area contributed by atoms with Gasteiger partial charge in [-0.3, -0.25) is 4.79 Å². The molecule has 0 amide bonds. The van der Waals surface area contributed by atoms with Crippen LogP contribution in [0.1, 0.15) is 12.0 Å². The largest absolute Gasteiger partial charge is 0.381 e. The van der Waals surface area contributed by atoms with Crippen LogP contribution in [0.25, 0.3) is 10.9 Å². The lowest BCUT2D eigenvalue weighted by molar-refractivity contribution is 0.182. The third-order valence-electron chi connectivity index (χ3n) is 3.64. The third-order valence-corrected chi connectivity index (χ3v) is 3.88. The Morgan fingerprint density at radius 1 is 1.50 bits per heavy atom. The molecule has 0 aliphatic carbocycles. The molecule has 4 nitrogen and oxygen atoms in total. The Labute approximate surface area is 121 Å². The molecule has 1 aliphatic rings. The number of ether oxygens (including phenoxy) is 1. The molecule has 5 heteroatoms. The lowest BCUT2D eigenvalue weighted by Crippen LogP contribution is -2.17. The molecular weight excluding hydrogens is 276 g/mol. The molecule has 1 atom stereocenters. The van der Waals surface area contributed by atoms with Crippen molar-refractivity contribution >= 4 is 22.5 Å². The highest BCUT2D eigenvalue weighted by Crippen LogP contribution is 2.21. The first-order valence-corrected chi connectivity index (χ1v) is 6.87. The van der Waals surface area contributed by atoms with Crippen molar-refractivity contribution in [2.24, 2.45) is 5.92 Å². The number of benzene rings is 1. The van der Waals surface area contributed by atoms with Crippen LogP contribution in [0.2, 0.25) is 5.02 Å². The fourth-order valence-corrected chi connectivity index (χ4v) is 2.78. The number of fused-ring (bicyclic) bond motifs is 1. The van der Waals surface area contributed by atoms with E-state index in [4.69, 9.17) is 21.6 Å². The molecule has 1 saturated heterocycles. The van der Waals surface area contributed by atoms with Gasteiger partial charge < -0.3 is 9.30 Å².